The van der Waals surface area contributed by atoms with Gasteiger partial charge in [-0.1, -0.05) is 25.1 Å². The van der Waals surface area contributed by atoms with Gasteiger partial charge in [-0.05, 0) is 30.2 Å². The Morgan fingerprint density at radius 3 is 2.89 bits per heavy atom. The summed E-state index contributed by atoms with van der Waals surface area (Å²) in [7, 11) is 0. The lowest BCUT2D eigenvalue weighted by atomic mass is 10.2. The lowest BCUT2D eigenvalue weighted by molar-refractivity contribution is 0.0961. The minimum atomic E-state index is -0.0420. The van der Waals surface area contributed by atoms with Gasteiger partial charge in [0.05, 0.1) is 0 Å². The summed E-state index contributed by atoms with van der Waals surface area (Å²) < 4.78 is 5.53. The number of benzene rings is 1. The molecule has 0 aliphatic carbocycles. The Hall–Kier alpha value is -2.03. The van der Waals surface area contributed by atoms with E-state index < -0.39 is 0 Å². The number of furan rings is 1. The third-order valence-electron chi connectivity index (χ3n) is 3.35. The van der Waals surface area contributed by atoms with E-state index in [1.807, 2.05) is 31.2 Å². The molecule has 0 saturated heterocycles. The van der Waals surface area contributed by atoms with Crippen molar-refractivity contribution in [3.63, 3.8) is 0 Å². The van der Waals surface area contributed by atoms with Crippen molar-refractivity contribution >= 4 is 11.6 Å². The molecule has 1 amide bonds. The van der Waals surface area contributed by atoms with Crippen LogP contribution in [0.5, 0.6) is 0 Å². The van der Waals surface area contributed by atoms with Crippen molar-refractivity contribution in [2.75, 3.05) is 11.4 Å². The van der Waals surface area contributed by atoms with E-state index in [9.17, 15) is 4.79 Å². The van der Waals surface area contributed by atoms with E-state index in [0.29, 0.717) is 5.76 Å². The molecule has 0 spiro atoms. The average molecular weight is 241 g/mol. The summed E-state index contributed by atoms with van der Waals surface area (Å²) in [4.78, 5) is 14.2. The van der Waals surface area contributed by atoms with Crippen LogP contribution in [0.2, 0.25) is 0 Å². The minimum Gasteiger partial charge on any atom is -0.456 e. The van der Waals surface area contributed by atoms with Gasteiger partial charge >= 0.3 is 0 Å². The maximum absolute atomic E-state index is 12.4. The summed E-state index contributed by atoms with van der Waals surface area (Å²) in [5.74, 6) is 1.24. The van der Waals surface area contributed by atoms with E-state index in [1.54, 1.807) is 11.0 Å². The molecule has 2 aromatic rings. The Bertz CT molecular complexity index is 586. The van der Waals surface area contributed by atoms with Gasteiger partial charge in [-0.3, -0.25) is 4.79 Å². The molecule has 3 rings (SSSR count). The Balaban J connectivity index is 1.90. The topological polar surface area (TPSA) is 33.5 Å². The van der Waals surface area contributed by atoms with Crippen LogP contribution in [0.1, 0.15) is 28.8 Å². The highest BCUT2D eigenvalue weighted by atomic mass is 16.4. The molecule has 3 heteroatoms. The van der Waals surface area contributed by atoms with Gasteiger partial charge < -0.3 is 9.32 Å². The number of para-hydroxylation sites is 1. The van der Waals surface area contributed by atoms with Crippen molar-refractivity contribution in [1.82, 2.24) is 0 Å². The molecule has 1 aromatic carbocycles. The van der Waals surface area contributed by atoms with Crippen molar-refractivity contribution in [3.05, 3.63) is 53.5 Å². The number of carbonyl (C=O) groups excluding carboxylic acids is 1. The lowest BCUT2D eigenvalue weighted by Crippen LogP contribution is -2.28. The molecule has 18 heavy (non-hydrogen) atoms. The summed E-state index contributed by atoms with van der Waals surface area (Å²) >= 11 is 0. The Morgan fingerprint density at radius 2 is 2.11 bits per heavy atom. The zero-order chi connectivity index (χ0) is 12.5. The minimum absolute atomic E-state index is 0.0420. The zero-order valence-corrected chi connectivity index (χ0v) is 10.3. The Morgan fingerprint density at radius 1 is 1.28 bits per heavy atom. The van der Waals surface area contributed by atoms with Crippen LogP contribution >= 0.6 is 0 Å². The first-order valence-electron chi connectivity index (χ1n) is 6.28. The number of fused-ring (bicyclic) bond motifs is 1. The molecular formula is C15H15NO2. The summed E-state index contributed by atoms with van der Waals surface area (Å²) in [5.41, 5.74) is 2.24. The van der Waals surface area contributed by atoms with E-state index in [1.165, 1.54) is 5.56 Å². The second-order valence-electron chi connectivity index (χ2n) is 4.46. The summed E-state index contributed by atoms with van der Waals surface area (Å²) in [5, 5.41) is 0. The number of aryl methyl sites for hydroxylation is 1. The molecular weight excluding hydrogens is 226 g/mol. The molecule has 3 nitrogen and oxygen atoms in total. The number of amides is 1. The molecule has 0 N–H and O–H groups in total. The van der Waals surface area contributed by atoms with Gasteiger partial charge in [0.1, 0.15) is 5.76 Å². The standard InChI is InChI=1S/C15H15NO2/c1-2-12-7-8-14(18-12)15(17)16-10-9-11-5-3-4-6-13(11)16/h3-8H,2,9-10H2,1H3. The maximum atomic E-state index is 12.4. The predicted molar refractivity (Wildman–Crippen MR) is 69.9 cm³/mol. The molecule has 0 unspecified atom stereocenters. The first-order chi connectivity index (χ1) is 8.79. The van der Waals surface area contributed by atoms with Crippen LogP contribution in [-0.2, 0) is 12.8 Å². The lowest BCUT2D eigenvalue weighted by Gasteiger charge is -2.15. The third-order valence-corrected chi connectivity index (χ3v) is 3.35. The molecule has 1 aliphatic rings. The van der Waals surface area contributed by atoms with Crippen LogP contribution in [-0.4, -0.2) is 12.5 Å². The molecule has 0 bridgehead atoms. The molecule has 0 radical (unpaired) electrons. The smallest absolute Gasteiger partial charge is 0.293 e. The second-order valence-corrected chi connectivity index (χ2v) is 4.46. The fourth-order valence-corrected chi connectivity index (χ4v) is 2.37. The quantitative estimate of drug-likeness (QED) is 0.809. The van der Waals surface area contributed by atoms with E-state index >= 15 is 0 Å². The fraction of sp³-hybridized carbons (Fsp3) is 0.267. The number of nitrogens with zero attached hydrogens (tertiary/aromatic N) is 1. The molecule has 0 atom stereocenters. The van der Waals surface area contributed by atoms with E-state index in [-0.39, 0.29) is 5.91 Å². The van der Waals surface area contributed by atoms with Crippen LogP contribution in [0.3, 0.4) is 0 Å². The van der Waals surface area contributed by atoms with Crippen LogP contribution in [0.4, 0.5) is 5.69 Å². The fourth-order valence-electron chi connectivity index (χ4n) is 2.37. The summed E-state index contributed by atoms with van der Waals surface area (Å²) in [6.45, 7) is 2.75. The van der Waals surface area contributed by atoms with Gasteiger partial charge in [0, 0.05) is 18.7 Å². The van der Waals surface area contributed by atoms with Gasteiger partial charge in [0.2, 0.25) is 0 Å². The monoisotopic (exact) mass is 241 g/mol. The number of carbonyl (C=O) groups is 1. The Kier molecular flexibility index (Phi) is 2.67. The third kappa shape index (κ3) is 1.72. The van der Waals surface area contributed by atoms with Crippen molar-refractivity contribution in [3.8, 4) is 0 Å². The van der Waals surface area contributed by atoms with Gasteiger partial charge in [-0.25, -0.2) is 0 Å². The SMILES string of the molecule is CCc1ccc(C(=O)N2CCc3ccccc32)o1. The second kappa shape index (κ2) is 4.33. The highest BCUT2D eigenvalue weighted by Gasteiger charge is 2.26. The van der Waals surface area contributed by atoms with Gasteiger partial charge in [0.25, 0.3) is 5.91 Å². The molecule has 2 heterocycles. The van der Waals surface area contributed by atoms with Crippen LogP contribution in [0, 0.1) is 0 Å². The largest absolute Gasteiger partial charge is 0.456 e. The number of anilines is 1. The maximum Gasteiger partial charge on any atom is 0.293 e. The van der Waals surface area contributed by atoms with Gasteiger partial charge in [0.15, 0.2) is 5.76 Å². The number of rotatable bonds is 2. The van der Waals surface area contributed by atoms with E-state index in [4.69, 9.17) is 4.42 Å². The zero-order valence-electron chi connectivity index (χ0n) is 10.3. The van der Waals surface area contributed by atoms with Crippen molar-refractivity contribution in [2.24, 2.45) is 0 Å². The number of hydrogen-bond acceptors (Lipinski definition) is 2. The number of hydrogen-bond donors (Lipinski definition) is 0. The first-order valence-corrected chi connectivity index (χ1v) is 6.28. The molecule has 1 aromatic heterocycles. The molecule has 1 aliphatic heterocycles. The van der Waals surface area contributed by atoms with Crippen LogP contribution < -0.4 is 4.90 Å². The normalized spacial score (nSPS) is 13.7. The van der Waals surface area contributed by atoms with Gasteiger partial charge in [-0.2, -0.15) is 0 Å². The van der Waals surface area contributed by atoms with E-state index in [2.05, 4.69) is 6.07 Å². The Labute approximate surface area is 106 Å². The van der Waals surface area contributed by atoms with Crippen LogP contribution in [0.15, 0.2) is 40.8 Å². The van der Waals surface area contributed by atoms with Crippen LogP contribution in [0.25, 0.3) is 0 Å². The molecule has 92 valence electrons. The van der Waals surface area contributed by atoms with E-state index in [0.717, 1.165) is 30.8 Å². The van der Waals surface area contributed by atoms with Crippen molar-refractivity contribution < 1.29 is 9.21 Å². The highest BCUT2D eigenvalue weighted by molar-refractivity contribution is 6.05. The first kappa shape index (κ1) is 11.1. The summed E-state index contributed by atoms with van der Waals surface area (Å²) in [6, 6.07) is 11.7. The molecule has 0 saturated carbocycles. The van der Waals surface area contributed by atoms with Gasteiger partial charge in [-0.15, -0.1) is 0 Å². The van der Waals surface area contributed by atoms with Crippen molar-refractivity contribution in [2.45, 2.75) is 19.8 Å². The van der Waals surface area contributed by atoms with Crippen molar-refractivity contribution in [1.29, 1.82) is 0 Å². The predicted octanol–water partition coefficient (Wildman–Crippen LogP) is 3.04. The summed E-state index contributed by atoms with van der Waals surface area (Å²) in [6.07, 6.45) is 1.73. The highest BCUT2D eigenvalue weighted by Crippen LogP contribution is 2.29. The average Bonchev–Trinajstić information content (AvgIpc) is 3.04. The molecule has 0 fully saturated rings.